The molecule has 0 unspecified atom stereocenters. The van der Waals surface area contributed by atoms with Crippen LogP contribution in [0.25, 0.3) is 21.9 Å². The van der Waals surface area contributed by atoms with Gasteiger partial charge in [0.2, 0.25) is 0 Å². The Bertz CT molecular complexity index is 949. The summed E-state index contributed by atoms with van der Waals surface area (Å²) in [5, 5.41) is 19.2. The Hall–Kier alpha value is -2.67. The van der Waals surface area contributed by atoms with Gasteiger partial charge in [-0.2, -0.15) is 0 Å². The number of hydrogen-bond donors (Lipinski definition) is 3. The fourth-order valence-corrected chi connectivity index (χ4v) is 3.24. The molecule has 0 aliphatic carbocycles. The van der Waals surface area contributed by atoms with Crippen LogP contribution in [0.15, 0.2) is 18.2 Å². The lowest BCUT2D eigenvalue weighted by molar-refractivity contribution is 0.0697. The number of aromatic carboxylic acids is 1. The molecule has 0 bridgehead atoms. The van der Waals surface area contributed by atoms with E-state index in [0.29, 0.717) is 23.3 Å². The fraction of sp³-hybridized carbons (Fsp3) is 0.421. The Labute approximate surface area is 151 Å². The van der Waals surface area contributed by atoms with E-state index < -0.39 is 5.97 Å². The maximum atomic E-state index is 11.3. The van der Waals surface area contributed by atoms with Crippen molar-refractivity contribution < 1.29 is 15.0 Å². The van der Waals surface area contributed by atoms with E-state index >= 15 is 0 Å². The highest BCUT2D eigenvalue weighted by atomic mass is 16.4. The number of unbranched alkanes of at least 4 members (excludes halogenated alkanes) is 2. The lowest BCUT2D eigenvalue weighted by Gasteiger charge is -2.11. The van der Waals surface area contributed by atoms with Crippen molar-refractivity contribution in [3.05, 3.63) is 29.6 Å². The highest BCUT2D eigenvalue weighted by molar-refractivity contribution is 6.08. The van der Waals surface area contributed by atoms with Crippen LogP contribution in [0.5, 0.6) is 0 Å². The predicted octanol–water partition coefficient (Wildman–Crippen LogP) is 2.98. The summed E-state index contributed by atoms with van der Waals surface area (Å²) < 4.78 is 2.15. The molecule has 3 aromatic rings. The van der Waals surface area contributed by atoms with Crippen molar-refractivity contribution in [2.24, 2.45) is 0 Å². The van der Waals surface area contributed by atoms with Crippen LogP contribution in [0, 0.1) is 0 Å². The molecule has 4 N–H and O–H groups in total. The summed E-state index contributed by atoms with van der Waals surface area (Å²) in [6, 6.07) is 4.91. The van der Waals surface area contributed by atoms with E-state index in [1.165, 1.54) is 0 Å². The van der Waals surface area contributed by atoms with E-state index in [4.69, 9.17) is 15.8 Å². The lowest BCUT2D eigenvalue weighted by Crippen LogP contribution is -2.06. The Balaban J connectivity index is 2.22. The zero-order chi connectivity index (χ0) is 18.7. The molecular weight excluding hydrogens is 332 g/mol. The third kappa shape index (κ3) is 3.35. The first-order chi connectivity index (χ1) is 12.6. The quantitative estimate of drug-likeness (QED) is 0.535. The minimum Gasteiger partial charge on any atom is -0.478 e. The highest BCUT2D eigenvalue weighted by Crippen LogP contribution is 2.30. The monoisotopic (exact) mass is 356 g/mol. The number of nitrogen functional groups attached to an aromatic ring is 1. The van der Waals surface area contributed by atoms with Gasteiger partial charge in [-0.05, 0) is 37.5 Å². The molecule has 3 rings (SSSR count). The number of aliphatic hydroxyl groups excluding tert-OH is 1. The number of hydrogen-bond acceptors (Lipinski definition) is 5. The van der Waals surface area contributed by atoms with Gasteiger partial charge in [0.1, 0.15) is 11.3 Å². The van der Waals surface area contributed by atoms with Gasteiger partial charge in [-0.25, -0.2) is 14.8 Å². The molecule has 0 aliphatic heterocycles. The van der Waals surface area contributed by atoms with Crippen LogP contribution in [0.1, 0.15) is 48.8 Å². The van der Waals surface area contributed by atoms with Crippen LogP contribution in [-0.2, 0) is 13.0 Å². The van der Waals surface area contributed by atoms with Gasteiger partial charge in [0, 0.05) is 25.0 Å². The molecule has 7 nitrogen and oxygen atoms in total. The van der Waals surface area contributed by atoms with E-state index in [1.54, 1.807) is 18.2 Å². The van der Waals surface area contributed by atoms with E-state index in [2.05, 4.69) is 16.5 Å². The third-order valence-electron chi connectivity index (χ3n) is 4.57. The van der Waals surface area contributed by atoms with Gasteiger partial charge in [0.25, 0.3) is 0 Å². The minimum absolute atomic E-state index is 0.156. The molecule has 2 aromatic heterocycles. The number of fused-ring (bicyclic) bond motifs is 3. The van der Waals surface area contributed by atoms with Crippen molar-refractivity contribution in [1.82, 2.24) is 14.5 Å². The van der Waals surface area contributed by atoms with Gasteiger partial charge in [-0.15, -0.1) is 0 Å². The number of rotatable bonds is 8. The molecule has 0 atom stereocenters. The first-order valence-electron chi connectivity index (χ1n) is 8.99. The van der Waals surface area contributed by atoms with E-state index in [1.807, 2.05) is 0 Å². The van der Waals surface area contributed by atoms with Crippen LogP contribution >= 0.6 is 0 Å². The summed E-state index contributed by atoms with van der Waals surface area (Å²) in [6.07, 6.45) is 4.49. The number of pyridine rings is 1. The van der Waals surface area contributed by atoms with E-state index in [9.17, 15) is 9.90 Å². The van der Waals surface area contributed by atoms with Gasteiger partial charge in [-0.3, -0.25) is 0 Å². The standard InChI is InChI=1S/C19H24N4O3/c1-2-3-6-15-22-16-17(23(15)9-4-5-10-24)13-8-7-12(19(25)26)11-14(13)21-18(16)20/h7-8,11,24H,2-6,9-10H2,1H3,(H2,20,21)(H,25,26). The van der Waals surface area contributed by atoms with Gasteiger partial charge >= 0.3 is 5.97 Å². The zero-order valence-corrected chi connectivity index (χ0v) is 14.9. The van der Waals surface area contributed by atoms with Crippen molar-refractivity contribution >= 4 is 33.7 Å². The third-order valence-corrected chi connectivity index (χ3v) is 4.57. The van der Waals surface area contributed by atoms with Crippen LogP contribution in [0.4, 0.5) is 5.82 Å². The Morgan fingerprint density at radius 1 is 1.23 bits per heavy atom. The topological polar surface area (TPSA) is 114 Å². The Morgan fingerprint density at radius 3 is 2.73 bits per heavy atom. The van der Waals surface area contributed by atoms with Crippen molar-refractivity contribution in [2.45, 2.75) is 45.6 Å². The normalized spacial score (nSPS) is 11.5. The van der Waals surface area contributed by atoms with Crippen LogP contribution in [-0.4, -0.2) is 37.3 Å². The van der Waals surface area contributed by atoms with Gasteiger partial charge < -0.3 is 20.5 Å². The van der Waals surface area contributed by atoms with Crippen molar-refractivity contribution in [3.8, 4) is 0 Å². The summed E-state index contributed by atoms with van der Waals surface area (Å²) in [7, 11) is 0. The number of benzene rings is 1. The predicted molar refractivity (Wildman–Crippen MR) is 101 cm³/mol. The molecule has 1 aromatic carbocycles. The highest BCUT2D eigenvalue weighted by Gasteiger charge is 2.18. The van der Waals surface area contributed by atoms with Gasteiger partial charge in [0.05, 0.1) is 16.6 Å². The summed E-state index contributed by atoms with van der Waals surface area (Å²) in [5.41, 5.74) is 8.44. The molecule has 2 heterocycles. The fourth-order valence-electron chi connectivity index (χ4n) is 3.24. The first-order valence-corrected chi connectivity index (χ1v) is 8.99. The number of aromatic nitrogens is 3. The maximum absolute atomic E-state index is 11.3. The molecular formula is C19H24N4O3. The number of carboxylic acids is 1. The number of anilines is 1. The lowest BCUT2D eigenvalue weighted by atomic mass is 10.1. The second-order valence-electron chi connectivity index (χ2n) is 6.45. The average molecular weight is 356 g/mol. The van der Waals surface area contributed by atoms with E-state index in [0.717, 1.165) is 49.0 Å². The zero-order valence-electron chi connectivity index (χ0n) is 14.9. The Morgan fingerprint density at radius 2 is 2.04 bits per heavy atom. The molecule has 0 saturated carbocycles. The molecule has 0 fully saturated rings. The summed E-state index contributed by atoms with van der Waals surface area (Å²) in [6.45, 7) is 3.02. The number of aliphatic hydroxyl groups is 1. The van der Waals surface area contributed by atoms with Crippen LogP contribution in [0.3, 0.4) is 0 Å². The number of nitrogens with zero attached hydrogens (tertiary/aromatic N) is 3. The number of carboxylic acid groups (broad SMARTS) is 1. The largest absolute Gasteiger partial charge is 0.478 e. The minimum atomic E-state index is -0.993. The molecule has 138 valence electrons. The second-order valence-corrected chi connectivity index (χ2v) is 6.45. The number of nitrogens with two attached hydrogens (primary N) is 1. The molecule has 7 heteroatoms. The van der Waals surface area contributed by atoms with Crippen molar-refractivity contribution in [3.63, 3.8) is 0 Å². The summed E-state index contributed by atoms with van der Waals surface area (Å²) in [4.78, 5) is 20.4. The van der Waals surface area contributed by atoms with Crippen LogP contribution < -0.4 is 5.73 Å². The van der Waals surface area contributed by atoms with Crippen molar-refractivity contribution in [1.29, 1.82) is 0 Å². The summed E-state index contributed by atoms with van der Waals surface area (Å²) in [5.74, 6) is 0.282. The van der Waals surface area contributed by atoms with Crippen LogP contribution in [0.2, 0.25) is 0 Å². The maximum Gasteiger partial charge on any atom is 0.335 e. The van der Waals surface area contributed by atoms with E-state index in [-0.39, 0.29) is 12.2 Å². The molecule has 0 radical (unpaired) electrons. The molecule has 0 aliphatic rings. The summed E-state index contributed by atoms with van der Waals surface area (Å²) >= 11 is 0. The van der Waals surface area contributed by atoms with Crippen molar-refractivity contribution in [2.75, 3.05) is 12.3 Å². The molecule has 26 heavy (non-hydrogen) atoms. The number of aryl methyl sites for hydroxylation is 2. The Kier molecular flexibility index (Phi) is 5.37. The smallest absolute Gasteiger partial charge is 0.335 e. The number of imidazole rings is 1. The molecule has 0 saturated heterocycles. The molecule has 0 amide bonds. The van der Waals surface area contributed by atoms with Gasteiger partial charge in [-0.1, -0.05) is 13.3 Å². The SMILES string of the molecule is CCCCc1nc2c(N)nc3cc(C(=O)O)ccc3c2n1CCCCO. The first kappa shape index (κ1) is 18.1. The second kappa shape index (κ2) is 7.70. The number of carbonyl (C=O) groups is 1. The average Bonchev–Trinajstić information content (AvgIpc) is 2.99. The molecule has 0 spiro atoms. The van der Waals surface area contributed by atoms with Gasteiger partial charge in [0.15, 0.2) is 5.82 Å².